The molecule has 8 heteroatoms. The van der Waals surface area contributed by atoms with Gasteiger partial charge in [-0.25, -0.2) is 22.4 Å². The summed E-state index contributed by atoms with van der Waals surface area (Å²) in [6, 6.07) is 2.35. The molecule has 2 atom stereocenters. The van der Waals surface area contributed by atoms with E-state index >= 15 is 0 Å². The molecule has 2 aliphatic rings. The first-order valence-corrected chi connectivity index (χ1v) is 12.1. The van der Waals surface area contributed by atoms with Crippen molar-refractivity contribution >= 4 is 5.97 Å². The quantitative estimate of drug-likeness (QED) is 0.293. The fourth-order valence-electron chi connectivity index (χ4n) is 4.67. The second kappa shape index (κ2) is 11.6. The van der Waals surface area contributed by atoms with Gasteiger partial charge in [0.15, 0.2) is 17.9 Å². The molecule has 1 aromatic rings. The molecular weight excluding hydrogens is 440 g/mol. The maximum Gasteiger partial charge on any atom is 0.341 e. The first-order chi connectivity index (χ1) is 15.8. The topological polar surface area (TPSA) is 44.8 Å². The van der Waals surface area contributed by atoms with E-state index in [1.54, 1.807) is 0 Å². The van der Waals surface area contributed by atoms with Crippen LogP contribution >= 0.6 is 0 Å². The van der Waals surface area contributed by atoms with Gasteiger partial charge in [-0.1, -0.05) is 39.2 Å². The number of hydrogen-bond donors (Lipinski definition) is 0. The number of carbonyl (C=O) groups excluding carboxylic acids is 1. The number of carbonyl (C=O) groups is 1. The van der Waals surface area contributed by atoms with Crippen molar-refractivity contribution in [3.8, 4) is 0 Å². The van der Waals surface area contributed by atoms with Gasteiger partial charge in [0.2, 0.25) is 0 Å². The van der Waals surface area contributed by atoms with Gasteiger partial charge >= 0.3 is 5.97 Å². The number of benzene rings is 1. The van der Waals surface area contributed by atoms with Gasteiger partial charge in [0.1, 0.15) is 6.10 Å². The minimum atomic E-state index is -2.92. The van der Waals surface area contributed by atoms with Gasteiger partial charge in [-0.15, -0.1) is 0 Å². The van der Waals surface area contributed by atoms with E-state index in [1.807, 2.05) is 6.92 Å². The smallest absolute Gasteiger partial charge is 0.341 e. The molecule has 0 aromatic heterocycles. The summed E-state index contributed by atoms with van der Waals surface area (Å²) in [4.78, 5) is 12.4. The Hall–Kier alpha value is -1.67. The standard InChI is InChI=1S/C25H34F4O4/c1-3-5-7-17-10-9-16(13-25(17,28)29)19-11-12-20(23(27)22(19)26)24(30)33-18-14-31-21(32-15-18)8-6-4-2/h11-12,16-18,21H,3-10,13-15H2,1-2H3. The molecule has 2 fully saturated rings. The van der Waals surface area contributed by atoms with E-state index in [0.29, 0.717) is 12.8 Å². The molecule has 0 N–H and O–H groups in total. The zero-order valence-corrected chi connectivity index (χ0v) is 19.4. The van der Waals surface area contributed by atoms with Crippen molar-refractivity contribution in [3.63, 3.8) is 0 Å². The summed E-state index contributed by atoms with van der Waals surface area (Å²) in [6.07, 6.45) is 3.70. The average Bonchev–Trinajstić information content (AvgIpc) is 2.79. The summed E-state index contributed by atoms with van der Waals surface area (Å²) in [5, 5.41) is 0. The molecule has 1 saturated carbocycles. The first-order valence-electron chi connectivity index (χ1n) is 12.1. The van der Waals surface area contributed by atoms with Crippen LogP contribution in [0.3, 0.4) is 0 Å². The highest BCUT2D eigenvalue weighted by molar-refractivity contribution is 5.90. The Kier molecular flexibility index (Phi) is 9.16. The van der Waals surface area contributed by atoms with Gasteiger partial charge in [0.25, 0.3) is 5.92 Å². The van der Waals surface area contributed by atoms with Crippen LogP contribution in [0.2, 0.25) is 0 Å². The predicted molar refractivity (Wildman–Crippen MR) is 115 cm³/mol. The molecule has 2 unspecified atom stereocenters. The number of ether oxygens (including phenoxy) is 3. The van der Waals surface area contributed by atoms with Gasteiger partial charge < -0.3 is 14.2 Å². The number of halogens is 4. The number of hydrogen-bond acceptors (Lipinski definition) is 4. The second-order valence-electron chi connectivity index (χ2n) is 9.17. The molecule has 0 bridgehead atoms. The number of rotatable bonds is 9. The van der Waals surface area contributed by atoms with Crippen LogP contribution in [0.15, 0.2) is 12.1 Å². The predicted octanol–water partition coefficient (Wildman–Crippen LogP) is 6.76. The van der Waals surface area contributed by atoms with Crippen molar-refractivity contribution in [1.29, 1.82) is 0 Å². The lowest BCUT2D eigenvalue weighted by molar-refractivity contribution is -0.218. The van der Waals surface area contributed by atoms with E-state index in [9.17, 15) is 22.4 Å². The Labute approximate surface area is 193 Å². The van der Waals surface area contributed by atoms with Crippen LogP contribution in [-0.2, 0) is 14.2 Å². The lowest BCUT2D eigenvalue weighted by Gasteiger charge is -2.36. The minimum Gasteiger partial charge on any atom is -0.454 e. The van der Waals surface area contributed by atoms with Gasteiger partial charge in [-0.05, 0) is 49.7 Å². The van der Waals surface area contributed by atoms with Crippen LogP contribution in [0.1, 0.15) is 93.5 Å². The highest BCUT2D eigenvalue weighted by Gasteiger charge is 2.45. The Balaban J connectivity index is 1.62. The molecule has 3 rings (SSSR count). The summed E-state index contributed by atoms with van der Waals surface area (Å²) in [5.41, 5.74) is -0.673. The van der Waals surface area contributed by atoms with Gasteiger partial charge in [-0.3, -0.25) is 0 Å². The highest BCUT2D eigenvalue weighted by atomic mass is 19.3. The van der Waals surface area contributed by atoms with E-state index in [2.05, 4.69) is 6.92 Å². The van der Waals surface area contributed by atoms with Crippen molar-refractivity contribution < 1.29 is 36.6 Å². The van der Waals surface area contributed by atoms with Crippen LogP contribution in [0.4, 0.5) is 17.6 Å². The van der Waals surface area contributed by atoms with Gasteiger partial charge in [0.05, 0.1) is 18.8 Å². The number of unbranched alkanes of at least 4 members (excludes halogenated alkanes) is 2. The van der Waals surface area contributed by atoms with Crippen molar-refractivity contribution in [3.05, 3.63) is 34.9 Å². The summed E-state index contributed by atoms with van der Waals surface area (Å²) in [7, 11) is 0. The molecule has 0 radical (unpaired) electrons. The summed E-state index contributed by atoms with van der Waals surface area (Å²) in [5.74, 6) is -8.10. The Bertz CT molecular complexity index is 793. The van der Waals surface area contributed by atoms with E-state index in [4.69, 9.17) is 14.2 Å². The van der Waals surface area contributed by atoms with Crippen molar-refractivity contribution in [2.24, 2.45) is 5.92 Å². The minimum absolute atomic E-state index is 0.110. The first kappa shape index (κ1) is 25.9. The lowest BCUT2D eigenvalue weighted by atomic mass is 9.74. The summed E-state index contributed by atoms with van der Waals surface area (Å²) < 4.78 is 75.0. The SMILES string of the molecule is CCCCC1OCC(OC(=O)c2ccc(C3CCC(CCCC)C(F)(F)C3)c(F)c2F)CO1. The molecule has 4 nitrogen and oxygen atoms in total. The summed E-state index contributed by atoms with van der Waals surface area (Å²) in [6.45, 7) is 4.22. The third-order valence-electron chi connectivity index (χ3n) is 6.66. The van der Waals surface area contributed by atoms with Crippen molar-refractivity contribution in [2.45, 2.75) is 95.9 Å². The zero-order chi connectivity index (χ0) is 24.0. The molecule has 1 aliphatic heterocycles. The van der Waals surface area contributed by atoms with Crippen molar-refractivity contribution in [1.82, 2.24) is 0 Å². The Morgan fingerprint density at radius 2 is 1.70 bits per heavy atom. The maximum atomic E-state index is 14.8. The van der Waals surface area contributed by atoms with Crippen LogP contribution in [0.25, 0.3) is 0 Å². The molecule has 1 aromatic carbocycles. The summed E-state index contributed by atoms with van der Waals surface area (Å²) >= 11 is 0. The van der Waals surface area contributed by atoms with Crippen LogP contribution in [0, 0.1) is 17.6 Å². The second-order valence-corrected chi connectivity index (χ2v) is 9.17. The van der Waals surface area contributed by atoms with Gasteiger partial charge in [-0.2, -0.15) is 0 Å². The van der Waals surface area contributed by atoms with Crippen molar-refractivity contribution in [2.75, 3.05) is 13.2 Å². The Morgan fingerprint density at radius 3 is 2.33 bits per heavy atom. The third kappa shape index (κ3) is 6.47. The largest absolute Gasteiger partial charge is 0.454 e. The van der Waals surface area contributed by atoms with Crippen LogP contribution < -0.4 is 0 Å². The molecule has 186 valence electrons. The number of alkyl halides is 2. The van der Waals surface area contributed by atoms with E-state index in [0.717, 1.165) is 38.2 Å². The van der Waals surface area contributed by atoms with E-state index in [-0.39, 0.29) is 31.5 Å². The molecule has 0 spiro atoms. The monoisotopic (exact) mass is 474 g/mol. The lowest BCUT2D eigenvalue weighted by Crippen LogP contribution is -2.38. The molecule has 1 saturated heterocycles. The molecular formula is C25H34F4O4. The highest BCUT2D eigenvalue weighted by Crippen LogP contribution is 2.47. The Morgan fingerprint density at radius 1 is 1.03 bits per heavy atom. The maximum absolute atomic E-state index is 14.8. The fourth-order valence-corrected chi connectivity index (χ4v) is 4.67. The van der Waals surface area contributed by atoms with E-state index < -0.39 is 53.5 Å². The average molecular weight is 475 g/mol. The molecule has 1 aliphatic carbocycles. The third-order valence-corrected chi connectivity index (χ3v) is 6.66. The van der Waals surface area contributed by atoms with E-state index in [1.165, 1.54) is 6.07 Å². The van der Waals surface area contributed by atoms with Gasteiger partial charge in [0, 0.05) is 12.3 Å². The van der Waals surface area contributed by atoms with Crippen LogP contribution in [-0.4, -0.2) is 37.5 Å². The molecule has 0 amide bonds. The zero-order valence-electron chi connectivity index (χ0n) is 19.4. The molecule has 33 heavy (non-hydrogen) atoms. The molecule has 1 heterocycles. The normalized spacial score (nSPS) is 27.3. The van der Waals surface area contributed by atoms with Crippen LogP contribution in [0.5, 0.6) is 0 Å². The fraction of sp³-hybridized carbons (Fsp3) is 0.720. The number of esters is 1.